The van der Waals surface area contributed by atoms with Crippen LogP contribution >= 0.6 is 11.3 Å². The van der Waals surface area contributed by atoms with Crippen LogP contribution in [0.3, 0.4) is 0 Å². The van der Waals surface area contributed by atoms with E-state index in [1.54, 1.807) is 11.3 Å². The summed E-state index contributed by atoms with van der Waals surface area (Å²) in [4.78, 5) is 1.36. The maximum atomic E-state index is 9.44. The highest BCUT2D eigenvalue weighted by atomic mass is 32.1. The first-order valence-electron chi connectivity index (χ1n) is 5.22. The van der Waals surface area contributed by atoms with E-state index in [2.05, 4.69) is 29.8 Å². The first-order chi connectivity index (χ1) is 6.77. The van der Waals surface area contributed by atoms with Gasteiger partial charge in [-0.3, -0.25) is 0 Å². The zero-order valence-corrected chi connectivity index (χ0v) is 9.68. The van der Waals surface area contributed by atoms with Gasteiger partial charge < -0.3 is 10.4 Å². The number of aliphatic hydroxyl groups is 1. The Morgan fingerprint density at radius 3 is 2.71 bits per heavy atom. The van der Waals surface area contributed by atoms with Crippen molar-refractivity contribution in [1.82, 2.24) is 5.32 Å². The predicted molar refractivity (Wildman–Crippen MR) is 61.7 cm³/mol. The monoisotopic (exact) mass is 213 g/mol. The first kappa shape index (κ1) is 11.7. The Labute approximate surface area is 90.0 Å². The topological polar surface area (TPSA) is 32.3 Å². The highest BCUT2D eigenvalue weighted by Gasteiger charge is 2.10. The molecule has 1 heterocycles. The Balaban J connectivity index is 2.40. The van der Waals surface area contributed by atoms with Crippen LogP contribution in [0.5, 0.6) is 0 Å². The Bertz CT molecular complexity index is 235. The third kappa shape index (κ3) is 3.40. The van der Waals surface area contributed by atoms with E-state index in [1.807, 2.05) is 6.92 Å². The normalized spacial score (nSPS) is 15.4. The van der Waals surface area contributed by atoms with Crippen molar-refractivity contribution in [2.45, 2.75) is 38.8 Å². The molecule has 14 heavy (non-hydrogen) atoms. The summed E-state index contributed by atoms with van der Waals surface area (Å²) in [5.74, 6) is 0. The van der Waals surface area contributed by atoms with Gasteiger partial charge in [-0.25, -0.2) is 0 Å². The van der Waals surface area contributed by atoms with E-state index in [4.69, 9.17) is 0 Å². The molecule has 0 unspecified atom stereocenters. The molecule has 2 nitrogen and oxygen atoms in total. The van der Waals surface area contributed by atoms with Gasteiger partial charge in [-0.2, -0.15) is 0 Å². The van der Waals surface area contributed by atoms with Crippen LogP contribution in [0.1, 0.15) is 37.6 Å². The molecule has 0 fully saturated rings. The zero-order chi connectivity index (χ0) is 10.4. The standard InChI is InChI=1S/C11H19NOS/c1-3-9(13)8-12-10(4-2)11-6-5-7-14-11/h5-7,9-10,12-13H,3-4,8H2,1-2H3/t9-,10+/m1/s1. The largest absolute Gasteiger partial charge is 0.392 e. The summed E-state index contributed by atoms with van der Waals surface area (Å²) in [5, 5.41) is 14.9. The molecular weight excluding hydrogens is 194 g/mol. The molecule has 3 heteroatoms. The average molecular weight is 213 g/mol. The summed E-state index contributed by atoms with van der Waals surface area (Å²) < 4.78 is 0. The lowest BCUT2D eigenvalue weighted by Gasteiger charge is -2.17. The van der Waals surface area contributed by atoms with Crippen LogP contribution in [0.15, 0.2) is 17.5 Å². The molecule has 0 aromatic carbocycles. The Kier molecular flexibility index (Phi) is 5.15. The average Bonchev–Trinajstić information content (AvgIpc) is 2.72. The van der Waals surface area contributed by atoms with Crippen LogP contribution in [0.4, 0.5) is 0 Å². The summed E-state index contributed by atoms with van der Waals surface area (Å²) in [6.07, 6.45) is 1.66. The zero-order valence-electron chi connectivity index (χ0n) is 8.86. The van der Waals surface area contributed by atoms with Gasteiger partial charge in [0.25, 0.3) is 0 Å². The lowest BCUT2D eigenvalue weighted by atomic mass is 10.1. The fourth-order valence-electron chi connectivity index (χ4n) is 1.36. The molecule has 1 rings (SSSR count). The summed E-state index contributed by atoms with van der Waals surface area (Å²) in [7, 11) is 0. The van der Waals surface area contributed by atoms with Crippen LogP contribution in [0.2, 0.25) is 0 Å². The Morgan fingerprint density at radius 1 is 1.43 bits per heavy atom. The van der Waals surface area contributed by atoms with Crippen molar-refractivity contribution in [1.29, 1.82) is 0 Å². The predicted octanol–water partition coefficient (Wildman–Crippen LogP) is 2.56. The minimum atomic E-state index is -0.219. The molecule has 0 spiro atoms. The molecular formula is C11H19NOS. The molecule has 0 radical (unpaired) electrons. The van der Waals surface area contributed by atoms with Crippen molar-refractivity contribution in [3.05, 3.63) is 22.4 Å². The van der Waals surface area contributed by atoms with E-state index >= 15 is 0 Å². The third-order valence-corrected chi connectivity index (χ3v) is 3.35. The van der Waals surface area contributed by atoms with E-state index in [0.29, 0.717) is 12.6 Å². The summed E-state index contributed by atoms with van der Waals surface area (Å²) in [6.45, 7) is 4.85. The van der Waals surface area contributed by atoms with Gasteiger partial charge in [0.2, 0.25) is 0 Å². The number of rotatable bonds is 6. The van der Waals surface area contributed by atoms with Crippen LogP contribution in [0.25, 0.3) is 0 Å². The van der Waals surface area contributed by atoms with E-state index in [1.165, 1.54) is 4.88 Å². The Hall–Kier alpha value is -0.380. The molecule has 0 saturated carbocycles. The highest BCUT2D eigenvalue weighted by Crippen LogP contribution is 2.21. The molecule has 2 N–H and O–H groups in total. The SMILES string of the molecule is CC[C@@H](O)CN[C@@H](CC)c1cccs1. The van der Waals surface area contributed by atoms with Gasteiger partial charge >= 0.3 is 0 Å². The second kappa shape index (κ2) is 6.17. The van der Waals surface area contributed by atoms with Crippen molar-refractivity contribution < 1.29 is 5.11 Å². The summed E-state index contributed by atoms with van der Waals surface area (Å²) in [5.41, 5.74) is 0. The highest BCUT2D eigenvalue weighted by molar-refractivity contribution is 7.10. The fraction of sp³-hybridized carbons (Fsp3) is 0.636. The first-order valence-corrected chi connectivity index (χ1v) is 6.10. The molecule has 1 aromatic rings. The molecule has 2 atom stereocenters. The van der Waals surface area contributed by atoms with E-state index < -0.39 is 0 Å². The number of thiophene rings is 1. The van der Waals surface area contributed by atoms with Gasteiger partial charge in [0.15, 0.2) is 0 Å². The van der Waals surface area contributed by atoms with Crippen LogP contribution in [0, 0.1) is 0 Å². The van der Waals surface area contributed by atoms with Gasteiger partial charge in [0.05, 0.1) is 6.10 Å². The maximum absolute atomic E-state index is 9.44. The lowest BCUT2D eigenvalue weighted by molar-refractivity contribution is 0.162. The van der Waals surface area contributed by atoms with Gasteiger partial charge in [-0.15, -0.1) is 11.3 Å². The second-order valence-corrected chi connectivity index (χ2v) is 4.43. The van der Waals surface area contributed by atoms with Crippen molar-refractivity contribution >= 4 is 11.3 Å². The molecule has 0 aliphatic heterocycles. The summed E-state index contributed by atoms with van der Waals surface area (Å²) >= 11 is 1.77. The number of hydrogen-bond acceptors (Lipinski definition) is 3. The second-order valence-electron chi connectivity index (χ2n) is 3.45. The van der Waals surface area contributed by atoms with Gasteiger partial charge in [0.1, 0.15) is 0 Å². The third-order valence-electron chi connectivity index (χ3n) is 2.37. The molecule has 1 aromatic heterocycles. The van der Waals surface area contributed by atoms with Crippen LogP contribution in [-0.2, 0) is 0 Å². The van der Waals surface area contributed by atoms with Crippen molar-refractivity contribution in [3.8, 4) is 0 Å². The number of nitrogens with one attached hydrogen (secondary N) is 1. The molecule has 0 bridgehead atoms. The van der Waals surface area contributed by atoms with Crippen molar-refractivity contribution in [2.24, 2.45) is 0 Å². The molecule has 80 valence electrons. The summed E-state index contributed by atoms with van der Waals surface area (Å²) in [6, 6.07) is 4.61. The number of aliphatic hydroxyl groups excluding tert-OH is 1. The molecule has 0 saturated heterocycles. The fourth-order valence-corrected chi connectivity index (χ4v) is 2.24. The van der Waals surface area contributed by atoms with E-state index in [0.717, 1.165) is 12.8 Å². The minimum Gasteiger partial charge on any atom is -0.392 e. The number of hydrogen-bond donors (Lipinski definition) is 2. The maximum Gasteiger partial charge on any atom is 0.0662 e. The quantitative estimate of drug-likeness (QED) is 0.761. The Morgan fingerprint density at radius 2 is 2.21 bits per heavy atom. The van der Waals surface area contributed by atoms with Crippen molar-refractivity contribution in [3.63, 3.8) is 0 Å². The van der Waals surface area contributed by atoms with Gasteiger partial charge in [-0.05, 0) is 24.3 Å². The van der Waals surface area contributed by atoms with Gasteiger partial charge in [0, 0.05) is 17.5 Å². The smallest absolute Gasteiger partial charge is 0.0662 e. The van der Waals surface area contributed by atoms with Crippen LogP contribution < -0.4 is 5.32 Å². The molecule has 0 amide bonds. The lowest BCUT2D eigenvalue weighted by Crippen LogP contribution is -2.29. The minimum absolute atomic E-state index is 0.219. The van der Waals surface area contributed by atoms with E-state index in [-0.39, 0.29) is 6.10 Å². The molecule has 0 aliphatic rings. The van der Waals surface area contributed by atoms with Gasteiger partial charge in [-0.1, -0.05) is 19.9 Å². The van der Waals surface area contributed by atoms with Crippen LogP contribution in [-0.4, -0.2) is 17.8 Å². The van der Waals surface area contributed by atoms with Crippen molar-refractivity contribution in [2.75, 3.05) is 6.54 Å². The van der Waals surface area contributed by atoms with E-state index in [9.17, 15) is 5.11 Å². The molecule has 0 aliphatic carbocycles.